The van der Waals surface area contributed by atoms with Gasteiger partial charge in [-0.05, 0) is 18.2 Å². The van der Waals surface area contributed by atoms with Gasteiger partial charge in [-0.3, -0.25) is 9.20 Å². The number of benzene rings is 2. The van der Waals surface area contributed by atoms with Gasteiger partial charge in [0.15, 0.2) is 4.96 Å². The fourth-order valence-electron chi connectivity index (χ4n) is 2.74. The van der Waals surface area contributed by atoms with Crippen LogP contribution in [0, 0.1) is 11.3 Å². The molecule has 6 heteroatoms. The standard InChI is InChI=1S/C20H14N4OS/c21-11-14-5-4-8-16(9-14)22-19(25)10-17-13-26-20-23-18(12-24(17)20)15-6-2-1-3-7-15/h1-9,12-13H,10H2,(H,22,25). The monoisotopic (exact) mass is 358 g/mol. The van der Waals surface area contributed by atoms with Crippen molar-refractivity contribution in [1.82, 2.24) is 9.38 Å². The number of nitrogens with one attached hydrogen (secondary N) is 1. The van der Waals surface area contributed by atoms with Gasteiger partial charge in [0.25, 0.3) is 0 Å². The van der Waals surface area contributed by atoms with E-state index in [-0.39, 0.29) is 12.3 Å². The van der Waals surface area contributed by atoms with Crippen LogP contribution in [0.1, 0.15) is 11.3 Å². The number of hydrogen-bond donors (Lipinski definition) is 1. The van der Waals surface area contributed by atoms with Gasteiger partial charge in [-0.2, -0.15) is 5.26 Å². The van der Waals surface area contributed by atoms with Crippen molar-refractivity contribution in [3.63, 3.8) is 0 Å². The Balaban J connectivity index is 1.54. The van der Waals surface area contributed by atoms with Gasteiger partial charge in [0.2, 0.25) is 5.91 Å². The number of carbonyl (C=O) groups is 1. The van der Waals surface area contributed by atoms with Crippen molar-refractivity contribution in [3.8, 4) is 17.3 Å². The number of nitriles is 1. The Morgan fingerprint density at radius 3 is 2.85 bits per heavy atom. The Morgan fingerprint density at radius 1 is 1.19 bits per heavy atom. The molecule has 5 nitrogen and oxygen atoms in total. The normalized spacial score (nSPS) is 10.6. The Hall–Kier alpha value is -3.43. The number of imidazole rings is 1. The molecule has 2 aromatic heterocycles. The van der Waals surface area contributed by atoms with Gasteiger partial charge < -0.3 is 5.32 Å². The predicted molar refractivity (Wildman–Crippen MR) is 102 cm³/mol. The van der Waals surface area contributed by atoms with E-state index in [9.17, 15) is 4.79 Å². The predicted octanol–water partition coefficient (Wildman–Crippen LogP) is 4.12. The largest absolute Gasteiger partial charge is 0.326 e. The van der Waals surface area contributed by atoms with Crippen LogP contribution in [0.2, 0.25) is 0 Å². The van der Waals surface area contributed by atoms with Gasteiger partial charge in [-0.15, -0.1) is 11.3 Å². The Labute approximate surface area is 154 Å². The maximum Gasteiger partial charge on any atom is 0.230 e. The molecule has 0 saturated carbocycles. The first-order valence-electron chi connectivity index (χ1n) is 8.04. The first-order chi connectivity index (χ1) is 12.7. The topological polar surface area (TPSA) is 70.2 Å². The smallest absolute Gasteiger partial charge is 0.230 e. The van der Waals surface area contributed by atoms with Gasteiger partial charge in [-0.1, -0.05) is 36.4 Å². The summed E-state index contributed by atoms with van der Waals surface area (Å²) in [6, 6.07) is 18.9. The quantitative estimate of drug-likeness (QED) is 0.597. The van der Waals surface area contributed by atoms with Gasteiger partial charge in [0, 0.05) is 28.5 Å². The molecule has 0 bridgehead atoms. The lowest BCUT2D eigenvalue weighted by Crippen LogP contribution is -2.15. The van der Waals surface area contributed by atoms with E-state index in [1.807, 2.05) is 46.3 Å². The second-order valence-corrected chi connectivity index (χ2v) is 6.63. The molecule has 0 radical (unpaired) electrons. The van der Waals surface area contributed by atoms with Crippen molar-refractivity contribution in [1.29, 1.82) is 5.26 Å². The van der Waals surface area contributed by atoms with Gasteiger partial charge >= 0.3 is 0 Å². The summed E-state index contributed by atoms with van der Waals surface area (Å²) in [6.07, 6.45) is 2.20. The number of amides is 1. The summed E-state index contributed by atoms with van der Waals surface area (Å²) in [5.41, 5.74) is 3.96. The molecule has 126 valence electrons. The molecule has 0 atom stereocenters. The third-order valence-corrected chi connectivity index (χ3v) is 4.86. The molecule has 0 unspecified atom stereocenters. The number of nitrogens with zero attached hydrogens (tertiary/aromatic N) is 3. The summed E-state index contributed by atoms with van der Waals surface area (Å²) in [5.74, 6) is -0.130. The van der Waals surface area contributed by atoms with Gasteiger partial charge in [-0.25, -0.2) is 4.98 Å². The van der Waals surface area contributed by atoms with Crippen molar-refractivity contribution in [2.75, 3.05) is 5.32 Å². The van der Waals surface area contributed by atoms with Crippen LogP contribution < -0.4 is 5.32 Å². The maximum absolute atomic E-state index is 12.4. The summed E-state index contributed by atoms with van der Waals surface area (Å²) in [4.78, 5) is 17.9. The Morgan fingerprint density at radius 2 is 2.04 bits per heavy atom. The highest BCUT2D eigenvalue weighted by Crippen LogP contribution is 2.24. The molecule has 2 aromatic carbocycles. The van der Waals surface area contributed by atoms with Crippen LogP contribution in [0.4, 0.5) is 5.69 Å². The molecule has 1 amide bonds. The zero-order chi connectivity index (χ0) is 17.9. The zero-order valence-electron chi connectivity index (χ0n) is 13.7. The molecule has 0 spiro atoms. The van der Waals surface area contributed by atoms with Gasteiger partial charge in [0.1, 0.15) is 0 Å². The molecule has 0 aliphatic heterocycles. The highest BCUT2D eigenvalue weighted by atomic mass is 32.1. The molecule has 4 aromatic rings. The lowest BCUT2D eigenvalue weighted by atomic mass is 10.2. The number of fused-ring (bicyclic) bond motifs is 1. The van der Waals surface area contributed by atoms with Crippen LogP contribution >= 0.6 is 11.3 Å². The van der Waals surface area contributed by atoms with Gasteiger partial charge in [0.05, 0.1) is 23.7 Å². The number of anilines is 1. The van der Waals surface area contributed by atoms with Crippen molar-refractivity contribution in [3.05, 3.63) is 77.4 Å². The molecule has 1 N–H and O–H groups in total. The molecule has 2 heterocycles. The van der Waals surface area contributed by atoms with E-state index < -0.39 is 0 Å². The van der Waals surface area contributed by atoms with E-state index in [4.69, 9.17) is 5.26 Å². The molecular weight excluding hydrogens is 344 g/mol. The number of carbonyl (C=O) groups excluding carboxylic acids is 1. The Bertz CT molecular complexity index is 1120. The average Bonchev–Trinajstić information content (AvgIpc) is 3.25. The number of thiazole rings is 1. The zero-order valence-corrected chi connectivity index (χ0v) is 14.5. The molecule has 0 aliphatic rings. The van der Waals surface area contributed by atoms with Crippen molar-refractivity contribution in [2.45, 2.75) is 6.42 Å². The molecule has 0 saturated heterocycles. The maximum atomic E-state index is 12.4. The van der Waals surface area contributed by atoms with Crippen LogP contribution in [-0.4, -0.2) is 15.3 Å². The minimum Gasteiger partial charge on any atom is -0.326 e. The molecule has 4 rings (SSSR count). The molecule has 26 heavy (non-hydrogen) atoms. The number of hydrogen-bond acceptors (Lipinski definition) is 4. The van der Waals surface area contributed by atoms with Crippen LogP contribution in [0.3, 0.4) is 0 Å². The summed E-state index contributed by atoms with van der Waals surface area (Å²) >= 11 is 1.51. The van der Waals surface area contributed by atoms with E-state index in [1.165, 1.54) is 11.3 Å². The third kappa shape index (κ3) is 3.21. The third-order valence-electron chi connectivity index (χ3n) is 3.97. The van der Waals surface area contributed by atoms with E-state index >= 15 is 0 Å². The van der Waals surface area contributed by atoms with Crippen LogP contribution in [0.5, 0.6) is 0 Å². The summed E-state index contributed by atoms with van der Waals surface area (Å²) in [6.45, 7) is 0. The van der Waals surface area contributed by atoms with Crippen molar-refractivity contribution < 1.29 is 4.79 Å². The summed E-state index contributed by atoms with van der Waals surface area (Å²) in [5, 5.41) is 13.7. The lowest BCUT2D eigenvalue weighted by molar-refractivity contribution is -0.115. The van der Waals surface area contributed by atoms with E-state index in [0.29, 0.717) is 11.3 Å². The van der Waals surface area contributed by atoms with E-state index in [1.54, 1.807) is 24.3 Å². The average molecular weight is 358 g/mol. The lowest BCUT2D eigenvalue weighted by Gasteiger charge is -2.05. The Kier molecular flexibility index (Phi) is 4.22. The second kappa shape index (κ2) is 6.82. The highest BCUT2D eigenvalue weighted by Gasteiger charge is 2.12. The first-order valence-corrected chi connectivity index (χ1v) is 8.92. The van der Waals surface area contributed by atoms with Crippen molar-refractivity contribution >= 4 is 27.9 Å². The molecular formula is C20H14N4OS. The first kappa shape index (κ1) is 16.1. The summed E-state index contributed by atoms with van der Waals surface area (Å²) in [7, 11) is 0. The number of aromatic nitrogens is 2. The molecule has 0 aliphatic carbocycles. The molecule has 0 fully saturated rings. The van der Waals surface area contributed by atoms with Crippen molar-refractivity contribution in [2.24, 2.45) is 0 Å². The second-order valence-electron chi connectivity index (χ2n) is 5.79. The van der Waals surface area contributed by atoms with Crippen LogP contribution in [-0.2, 0) is 11.2 Å². The van der Waals surface area contributed by atoms with Crippen LogP contribution in [0.25, 0.3) is 16.2 Å². The summed E-state index contributed by atoms with van der Waals surface area (Å²) < 4.78 is 1.96. The minimum absolute atomic E-state index is 0.130. The fraction of sp³-hybridized carbons (Fsp3) is 0.0500. The fourth-order valence-corrected chi connectivity index (χ4v) is 3.61. The van der Waals surface area contributed by atoms with Crippen LogP contribution in [0.15, 0.2) is 66.2 Å². The highest BCUT2D eigenvalue weighted by molar-refractivity contribution is 7.15. The SMILES string of the molecule is N#Cc1cccc(NC(=O)Cc2csc3nc(-c4ccccc4)cn23)c1. The number of rotatable bonds is 4. The van der Waals surface area contributed by atoms with E-state index in [2.05, 4.69) is 16.4 Å². The minimum atomic E-state index is -0.130. The van der Waals surface area contributed by atoms with E-state index in [0.717, 1.165) is 21.9 Å².